The molecule has 3 heteroatoms. The lowest BCUT2D eigenvalue weighted by molar-refractivity contribution is 0.103. The van der Waals surface area contributed by atoms with Crippen molar-refractivity contribution in [2.75, 3.05) is 5.73 Å². The number of ketones is 1. The molecule has 0 atom stereocenters. The Bertz CT molecular complexity index is 607. The number of carbonyl (C=O) groups excluding carboxylic acids is 1. The van der Waals surface area contributed by atoms with Gasteiger partial charge in [-0.2, -0.15) is 0 Å². The fourth-order valence-electron chi connectivity index (χ4n) is 2.04. The topological polar surface area (TPSA) is 43.1 Å². The fraction of sp³-hybridized carbons (Fsp3) is 0.0714. The van der Waals surface area contributed by atoms with E-state index in [2.05, 4.69) is 0 Å². The van der Waals surface area contributed by atoms with Crippen LogP contribution in [0, 0.1) is 0 Å². The lowest BCUT2D eigenvalue weighted by atomic mass is 9.99. The van der Waals surface area contributed by atoms with Crippen molar-refractivity contribution in [3.05, 3.63) is 59.2 Å². The summed E-state index contributed by atoms with van der Waals surface area (Å²) in [5, 5.41) is 0. The summed E-state index contributed by atoms with van der Waals surface area (Å²) in [4.78, 5) is 13.4. The predicted octanol–water partition coefficient (Wildman–Crippen LogP) is 3.11. The Morgan fingerprint density at radius 3 is 2.76 bits per heavy atom. The Labute approximate surface area is 104 Å². The first kappa shape index (κ1) is 10.4. The van der Waals surface area contributed by atoms with E-state index in [0.29, 0.717) is 5.69 Å². The third kappa shape index (κ3) is 1.72. The molecule has 2 aromatic carbocycles. The van der Waals surface area contributed by atoms with E-state index in [-0.39, 0.29) is 5.78 Å². The van der Waals surface area contributed by atoms with Crippen LogP contribution in [0.3, 0.4) is 0 Å². The SMILES string of the molecule is Nc1ccc2c(c1)CSc1ccccc1C2=O. The summed E-state index contributed by atoms with van der Waals surface area (Å²) in [5.74, 6) is 0.893. The molecule has 0 bridgehead atoms. The molecule has 0 spiro atoms. The van der Waals surface area contributed by atoms with Crippen molar-refractivity contribution in [2.24, 2.45) is 0 Å². The minimum absolute atomic E-state index is 0.0978. The minimum Gasteiger partial charge on any atom is -0.399 e. The van der Waals surface area contributed by atoms with Gasteiger partial charge in [-0.3, -0.25) is 4.79 Å². The van der Waals surface area contributed by atoms with Crippen LogP contribution in [0.25, 0.3) is 0 Å². The van der Waals surface area contributed by atoms with Crippen molar-refractivity contribution in [3.63, 3.8) is 0 Å². The summed E-state index contributed by atoms with van der Waals surface area (Å²) >= 11 is 1.69. The van der Waals surface area contributed by atoms with Gasteiger partial charge in [-0.15, -0.1) is 11.8 Å². The lowest BCUT2D eigenvalue weighted by Crippen LogP contribution is -2.04. The first-order chi connectivity index (χ1) is 8.25. The molecule has 0 saturated carbocycles. The number of anilines is 1. The van der Waals surface area contributed by atoms with Gasteiger partial charge in [0.25, 0.3) is 0 Å². The van der Waals surface area contributed by atoms with Gasteiger partial charge in [0.05, 0.1) is 0 Å². The zero-order chi connectivity index (χ0) is 11.8. The number of carbonyl (C=O) groups is 1. The highest BCUT2D eigenvalue weighted by molar-refractivity contribution is 7.98. The molecule has 1 heterocycles. The molecule has 0 aliphatic carbocycles. The van der Waals surface area contributed by atoms with Gasteiger partial charge >= 0.3 is 0 Å². The number of hydrogen-bond donors (Lipinski definition) is 1. The predicted molar refractivity (Wildman–Crippen MR) is 70.3 cm³/mol. The van der Waals surface area contributed by atoms with E-state index in [1.165, 1.54) is 0 Å². The number of thioether (sulfide) groups is 1. The normalized spacial score (nSPS) is 13.8. The maximum absolute atomic E-state index is 12.4. The summed E-state index contributed by atoms with van der Waals surface area (Å²) in [6.07, 6.45) is 0. The quantitative estimate of drug-likeness (QED) is 0.721. The Morgan fingerprint density at radius 2 is 1.88 bits per heavy atom. The molecule has 0 saturated heterocycles. The van der Waals surface area contributed by atoms with Gasteiger partial charge < -0.3 is 5.73 Å². The van der Waals surface area contributed by atoms with Gasteiger partial charge in [0.2, 0.25) is 0 Å². The molecule has 17 heavy (non-hydrogen) atoms. The van der Waals surface area contributed by atoms with Crippen molar-refractivity contribution >= 4 is 23.2 Å². The van der Waals surface area contributed by atoms with Crippen LogP contribution < -0.4 is 5.73 Å². The number of rotatable bonds is 0. The Morgan fingerprint density at radius 1 is 1.06 bits per heavy atom. The van der Waals surface area contributed by atoms with Crippen LogP contribution in [0.1, 0.15) is 21.5 Å². The van der Waals surface area contributed by atoms with Gasteiger partial charge in [0.15, 0.2) is 5.78 Å². The Hall–Kier alpha value is -1.74. The standard InChI is InChI=1S/C14H11NOS/c15-10-5-6-11-9(7-10)8-17-13-4-2-1-3-12(13)14(11)16/h1-7H,8,15H2. The van der Waals surface area contributed by atoms with E-state index < -0.39 is 0 Å². The van der Waals surface area contributed by atoms with Crippen molar-refractivity contribution < 1.29 is 4.79 Å². The van der Waals surface area contributed by atoms with Gasteiger partial charge in [0, 0.05) is 27.5 Å². The molecule has 0 amide bonds. The van der Waals surface area contributed by atoms with Gasteiger partial charge in [-0.25, -0.2) is 0 Å². The maximum atomic E-state index is 12.4. The summed E-state index contributed by atoms with van der Waals surface area (Å²) in [6, 6.07) is 13.3. The smallest absolute Gasteiger partial charge is 0.194 e. The first-order valence-corrected chi connectivity index (χ1v) is 6.39. The number of nitrogens with two attached hydrogens (primary N) is 1. The van der Waals surface area contributed by atoms with E-state index in [1.54, 1.807) is 17.8 Å². The average Bonchev–Trinajstić information content (AvgIpc) is 2.48. The van der Waals surface area contributed by atoms with Crippen LogP contribution in [-0.2, 0) is 5.75 Å². The third-order valence-corrected chi connectivity index (χ3v) is 4.01. The van der Waals surface area contributed by atoms with Crippen LogP contribution in [0.5, 0.6) is 0 Å². The van der Waals surface area contributed by atoms with E-state index >= 15 is 0 Å². The molecular formula is C14H11NOS. The summed E-state index contributed by atoms with van der Waals surface area (Å²) < 4.78 is 0. The van der Waals surface area contributed by atoms with Crippen molar-refractivity contribution in [3.8, 4) is 0 Å². The third-order valence-electron chi connectivity index (χ3n) is 2.89. The summed E-state index contributed by atoms with van der Waals surface area (Å²) in [5.41, 5.74) is 9.07. The first-order valence-electron chi connectivity index (χ1n) is 5.40. The molecule has 0 unspecified atom stereocenters. The highest BCUT2D eigenvalue weighted by atomic mass is 32.2. The highest BCUT2D eigenvalue weighted by Crippen LogP contribution is 2.34. The number of benzene rings is 2. The fourth-order valence-corrected chi connectivity index (χ4v) is 3.08. The van der Waals surface area contributed by atoms with Gasteiger partial charge in [-0.05, 0) is 35.9 Å². The summed E-state index contributed by atoms with van der Waals surface area (Å²) in [7, 11) is 0. The second-order valence-corrected chi connectivity index (χ2v) is 5.05. The van der Waals surface area contributed by atoms with E-state index in [0.717, 1.165) is 27.3 Å². The maximum Gasteiger partial charge on any atom is 0.194 e. The number of fused-ring (bicyclic) bond motifs is 2. The molecule has 2 nitrogen and oxygen atoms in total. The Balaban J connectivity index is 2.20. The largest absolute Gasteiger partial charge is 0.399 e. The van der Waals surface area contributed by atoms with Crippen LogP contribution in [0.4, 0.5) is 5.69 Å². The minimum atomic E-state index is 0.0978. The highest BCUT2D eigenvalue weighted by Gasteiger charge is 2.20. The zero-order valence-electron chi connectivity index (χ0n) is 9.14. The molecule has 2 N–H and O–H groups in total. The molecule has 84 valence electrons. The van der Waals surface area contributed by atoms with Gasteiger partial charge in [-0.1, -0.05) is 12.1 Å². The zero-order valence-corrected chi connectivity index (χ0v) is 9.96. The lowest BCUT2D eigenvalue weighted by Gasteiger charge is -2.04. The molecule has 1 aliphatic heterocycles. The molecule has 2 aromatic rings. The molecule has 3 rings (SSSR count). The van der Waals surface area contributed by atoms with Crippen molar-refractivity contribution in [1.29, 1.82) is 0 Å². The van der Waals surface area contributed by atoms with E-state index in [4.69, 9.17) is 5.73 Å². The second kappa shape index (κ2) is 3.93. The number of nitrogen functional groups attached to an aromatic ring is 1. The second-order valence-electron chi connectivity index (χ2n) is 4.03. The van der Waals surface area contributed by atoms with Crippen LogP contribution in [0.2, 0.25) is 0 Å². The summed E-state index contributed by atoms with van der Waals surface area (Å²) in [6.45, 7) is 0. The van der Waals surface area contributed by atoms with Gasteiger partial charge in [0.1, 0.15) is 0 Å². The van der Waals surface area contributed by atoms with Crippen LogP contribution >= 0.6 is 11.8 Å². The van der Waals surface area contributed by atoms with E-state index in [9.17, 15) is 4.79 Å². The molecule has 0 fully saturated rings. The Kier molecular flexibility index (Phi) is 2.41. The molecule has 0 radical (unpaired) electrons. The molecule has 0 aromatic heterocycles. The van der Waals surface area contributed by atoms with Crippen molar-refractivity contribution in [2.45, 2.75) is 10.6 Å². The van der Waals surface area contributed by atoms with Crippen molar-refractivity contribution in [1.82, 2.24) is 0 Å². The number of hydrogen-bond acceptors (Lipinski definition) is 3. The van der Waals surface area contributed by atoms with E-state index in [1.807, 2.05) is 36.4 Å². The monoisotopic (exact) mass is 241 g/mol. The van der Waals surface area contributed by atoms with Crippen LogP contribution in [-0.4, -0.2) is 5.78 Å². The van der Waals surface area contributed by atoms with Crippen LogP contribution in [0.15, 0.2) is 47.4 Å². The molecular weight excluding hydrogens is 230 g/mol. The average molecular weight is 241 g/mol. The molecule has 1 aliphatic rings.